The summed E-state index contributed by atoms with van der Waals surface area (Å²) >= 11 is 0. The van der Waals surface area contributed by atoms with E-state index in [0.717, 1.165) is 6.07 Å². The first-order valence-corrected chi connectivity index (χ1v) is 6.09. The smallest absolute Gasteiger partial charge is 0.250 e. The molecule has 3 N–H and O–H groups in total. The van der Waals surface area contributed by atoms with Crippen LogP contribution in [0.15, 0.2) is 18.2 Å². The zero-order valence-corrected chi connectivity index (χ0v) is 10.4. The molecule has 0 radical (unpaired) electrons. The van der Waals surface area contributed by atoms with Crippen LogP contribution in [-0.4, -0.2) is 34.6 Å². The van der Waals surface area contributed by atoms with Gasteiger partial charge in [0.2, 0.25) is 0 Å². The molecule has 1 aliphatic heterocycles. The van der Waals surface area contributed by atoms with Crippen LogP contribution in [0.3, 0.4) is 0 Å². The van der Waals surface area contributed by atoms with Crippen molar-refractivity contribution in [2.75, 3.05) is 13.1 Å². The number of primary amides is 1. The number of piperidine rings is 1. The number of likely N-dealkylation sites (tertiary alicyclic amines) is 1. The maximum absolute atomic E-state index is 13.5. The highest BCUT2D eigenvalue weighted by Gasteiger charge is 2.38. The molecule has 2 rings (SSSR count). The minimum Gasteiger partial charge on any atom is -0.379 e. The van der Waals surface area contributed by atoms with Crippen molar-refractivity contribution < 1.29 is 18.7 Å². The Morgan fingerprint density at radius 2 is 2.21 bits per heavy atom. The Labute approximate surface area is 109 Å². The zero-order valence-electron chi connectivity index (χ0n) is 10.4. The molecular weight excluding hydrogens is 254 g/mol. The molecule has 4 nitrogen and oxygen atoms in total. The number of benzene rings is 1. The molecule has 0 bridgehead atoms. The highest BCUT2D eigenvalue weighted by molar-refractivity contribution is 5.83. The molecular formula is C13H16F2N2O2. The van der Waals surface area contributed by atoms with E-state index < -0.39 is 23.1 Å². The third-order valence-electron chi connectivity index (χ3n) is 3.42. The maximum atomic E-state index is 13.5. The van der Waals surface area contributed by atoms with Gasteiger partial charge in [-0.1, -0.05) is 6.07 Å². The van der Waals surface area contributed by atoms with E-state index >= 15 is 0 Å². The number of halogens is 2. The third kappa shape index (κ3) is 3.08. The fourth-order valence-electron chi connectivity index (χ4n) is 2.35. The Morgan fingerprint density at radius 1 is 1.47 bits per heavy atom. The molecule has 0 unspecified atom stereocenters. The molecule has 19 heavy (non-hydrogen) atoms. The van der Waals surface area contributed by atoms with Crippen LogP contribution in [0.2, 0.25) is 0 Å². The van der Waals surface area contributed by atoms with Crippen LogP contribution in [0.4, 0.5) is 8.78 Å². The molecule has 104 valence electrons. The van der Waals surface area contributed by atoms with E-state index in [1.165, 1.54) is 12.1 Å². The quantitative estimate of drug-likeness (QED) is 0.853. The van der Waals surface area contributed by atoms with Gasteiger partial charge >= 0.3 is 0 Å². The second-order valence-electron chi connectivity index (χ2n) is 4.95. The Kier molecular flexibility index (Phi) is 3.82. The third-order valence-corrected chi connectivity index (χ3v) is 3.42. The molecule has 1 saturated heterocycles. The van der Waals surface area contributed by atoms with Crippen molar-refractivity contribution >= 4 is 5.91 Å². The number of rotatable bonds is 3. The molecule has 1 aromatic rings. The summed E-state index contributed by atoms with van der Waals surface area (Å²) < 4.78 is 26.3. The average Bonchev–Trinajstić information content (AvgIpc) is 2.33. The summed E-state index contributed by atoms with van der Waals surface area (Å²) in [5.74, 6) is -2.03. The summed E-state index contributed by atoms with van der Waals surface area (Å²) in [6.07, 6.45) is 0.910. The van der Waals surface area contributed by atoms with Gasteiger partial charge in [-0.05, 0) is 25.5 Å². The van der Waals surface area contributed by atoms with E-state index in [1.54, 1.807) is 4.90 Å². The van der Waals surface area contributed by atoms with E-state index in [2.05, 4.69) is 0 Å². The van der Waals surface area contributed by atoms with Crippen LogP contribution in [0.1, 0.15) is 18.4 Å². The van der Waals surface area contributed by atoms with Crippen LogP contribution < -0.4 is 5.73 Å². The average molecular weight is 270 g/mol. The van der Waals surface area contributed by atoms with Gasteiger partial charge in [0.15, 0.2) is 5.60 Å². The number of β-amino-alcohol motifs (C(OH)–C–C–N with tert-alkyl or cyclic N) is 1. The topological polar surface area (TPSA) is 66.6 Å². The number of hydrogen-bond acceptors (Lipinski definition) is 3. The monoisotopic (exact) mass is 270 g/mol. The Bertz CT molecular complexity index is 496. The van der Waals surface area contributed by atoms with Crippen molar-refractivity contribution in [3.8, 4) is 0 Å². The first-order valence-electron chi connectivity index (χ1n) is 6.09. The second-order valence-corrected chi connectivity index (χ2v) is 4.95. The molecule has 1 amide bonds. The standard InChI is InChI=1S/C13H16F2N2O2/c14-10-3-2-9(11(15)6-10)7-17-5-1-4-13(19,8-17)12(16)18/h2-3,6,19H,1,4-5,7-8H2,(H2,16,18)/t13-/m0/s1. The fourth-order valence-corrected chi connectivity index (χ4v) is 2.35. The fraction of sp³-hybridized carbons (Fsp3) is 0.462. The maximum Gasteiger partial charge on any atom is 0.250 e. The largest absolute Gasteiger partial charge is 0.379 e. The first-order chi connectivity index (χ1) is 8.90. The van der Waals surface area contributed by atoms with Gasteiger partial charge in [-0.2, -0.15) is 0 Å². The summed E-state index contributed by atoms with van der Waals surface area (Å²) in [6, 6.07) is 3.37. The number of carbonyl (C=O) groups is 1. The summed E-state index contributed by atoms with van der Waals surface area (Å²) in [6.45, 7) is 0.910. The van der Waals surface area contributed by atoms with E-state index in [0.29, 0.717) is 24.9 Å². The Balaban J connectivity index is 2.09. The van der Waals surface area contributed by atoms with Crippen molar-refractivity contribution in [2.45, 2.75) is 25.0 Å². The molecule has 1 atom stereocenters. The minimum absolute atomic E-state index is 0.0686. The number of nitrogens with zero attached hydrogens (tertiary/aromatic N) is 1. The van der Waals surface area contributed by atoms with Crippen molar-refractivity contribution in [3.63, 3.8) is 0 Å². The lowest BCUT2D eigenvalue weighted by Gasteiger charge is -2.37. The molecule has 6 heteroatoms. The van der Waals surface area contributed by atoms with Gasteiger partial charge < -0.3 is 10.8 Å². The molecule has 1 aliphatic rings. The summed E-state index contributed by atoms with van der Waals surface area (Å²) in [7, 11) is 0. The lowest BCUT2D eigenvalue weighted by Crippen LogP contribution is -2.55. The van der Waals surface area contributed by atoms with Crippen LogP contribution in [0.5, 0.6) is 0 Å². The number of amides is 1. The number of nitrogens with two attached hydrogens (primary N) is 1. The summed E-state index contributed by atoms with van der Waals surface area (Å²) in [5.41, 5.74) is 3.94. The summed E-state index contributed by atoms with van der Waals surface area (Å²) in [5, 5.41) is 10.0. The van der Waals surface area contributed by atoms with E-state index in [9.17, 15) is 18.7 Å². The molecule has 0 saturated carbocycles. The SMILES string of the molecule is NC(=O)[C@]1(O)CCCN(Cc2ccc(F)cc2F)C1. The Hall–Kier alpha value is -1.53. The lowest BCUT2D eigenvalue weighted by molar-refractivity contribution is -0.142. The highest BCUT2D eigenvalue weighted by Crippen LogP contribution is 2.23. The van der Waals surface area contributed by atoms with Crippen molar-refractivity contribution in [1.29, 1.82) is 0 Å². The number of hydrogen-bond donors (Lipinski definition) is 2. The first kappa shape index (κ1) is 13.9. The van der Waals surface area contributed by atoms with Gasteiger partial charge in [-0.25, -0.2) is 8.78 Å². The van der Waals surface area contributed by atoms with Crippen LogP contribution >= 0.6 is 0 Å². The zero-order chi connectivity index (χ0) is 14.0. The molecule has 0 spiro atoms. The lowest BCUT2D eigenvalue weighted by atomic mass is 9.92. The van der Waals surface area contributed by atoms with E-state index in [-0.39, 0.29) is 13.1 Å². The molecule has 1 heterocycles. The minimum atomic E-state index is -1.56. The van der Waals surface area contributed by atoms with E-state index in [4.69, 9.17) is 5.73 Å². The predicted molar refractivity (Wildman–Crippen MR) is 65.0 cm³/mol. The van der Waals surface area contributed by atoms with E-state index in [1.807, 2.05) is 0 Å². The second kappa shape index (κ2) is 5.22. The van der Waals surface area contributed by atoms with Crippen molar-refractivity contribution in [3.05, 3.63) is 35.4 Å². The van der Waals surface area contributed by atoms with Crippen LogP contribution in [0, 0.1) is 11.6 Å². The highest BCUT2D eigenvalue weighted by atomic mass is 19.1. The molecule has 1 aromatic carbocycles. The van der Waals surface area contributed by atoms with Gasteiger partial charge in [0.1, 0.15) is 11.6 Å². The molecule has 0 aliphatic carbocycles. The molecule has 0 aromatic heterocycles. The number of carbonyl (C=O) groups excluding carboxylic acids is 1. The molecule has 1 fully saturated rings. The van der Waals surface area contributed by atoms with Crippen LogP contribution in [-0.2, 0) is 11.3 Å². The van der Waals surface area contributed by atoms with Crippen molar-refractivity contribution in [1.82, 2.24) is 4.90 Å². The summed E-state index contributed by atoms with van der Waals surface area (Å²) in [4.78, 5) is 12.9. The van der Waals surface area contributed by atoms with Gasteiger partial charge in [-0.15, -0.1) is 0 Å². The predicted octanol–water partition coefficient (Wildman–Crippen LogP) is 0.777. The number of aliphatic hydroxyl groups is 1. The Morgan fingerprint density at radius 3 is 2.84 bits per heavy atom. The van der Waals surface area contributed by atoms with Gasteiger partial charge in [0, 0.05) is 24.7 Å². The van der Waals surface area contributed by atoms with Gasteiger partial charge in [-0.3, -0.25) is 9.69 Å². The normalized spacial score (nSPS) is 24.4. The van der Waals surface area contributed by atoms with Crippen molar-refractivity contribution in [2.24, 2.45) is 5.73 Å². The van der Waals surface area contributed by atoms with Crippen LogP contribution in [0.25, 0.3) is 0 Å². The van der Waals surface area contributed by atoms with Gasteiger partial charge in [0.05, 0.1) is 0 Å². The van der Waals surface area contributed by atoms with Gasteiger partial charge in [0.25, 0.3) is 5.91 Å².